The van der Waals surface area contributed by atoms with Crippen LogP contribution in [0, 0.1) is 5.92 Å². The van der Waals surface area contributed by atoms with Gasteiger partial charge in [0.25, 0.3) is 0 Å². The van der Waals surface area contributed by atoms with E-state index in [1.165, 1.54) is 19.2 Å². The van der Waals surface area contributed by atoms with Crippen molar-refractivity contribution < 1.29 is 22.7 Å². The molecule has 38 heavy (non-hydrogen) atoms. The van der Waals surface area contributed by atoms with Gasteiger partial charge in [0.15, 0.2) is 5.78 Å². The number of ether oxygens (including phenoxy) is 1. The van der Waals surface area contributed by atoms with Crippen LogP contribution in [0.5, 0.6) is 5.75 Å². The summed E-state index contributed by atoms with van der Waals surface area (Å²) in [5, 5.41) is 2.69. The molecule has 204 valence electrons. The van der Waals surface area contributed by atoms with Crippen LogP contribution in [0.15, 0.2) is 65.8 Å². The molecule has 2 aromatic carbocycles. The van der Waals surface area contributed by atoms with Crippen LogP contribution in [-0.4, -0.2) is 66.7 Å². The summed E-state index contributed by atoms with van der Waals surface area (Å²) in [5.41, 5.74) is 7.78. The predicted molar refractivity (Wildman–Crippen MR) is 145 cm³/mol. The number of methoxy groups -OCH3 is 1. The number of benzene rings is 2. The van der Waals surface area contributed by atoms with Gasteiger partial charge in [-0.05, 0) is 49.4 Å². The summed E-state index contributed by atoms with van der Waals surface area (Å²) >= 11 is 0. The standard InChI is InChI=1S/C19H29N3O5S.C8H6N2/c1-13(2)10-16(20)19(24)21-17-8-5-9-22(12-18(17)23)28(25,26)15-7-4-6-14(11-15)27-3;1-2-4-8-7(3-1)9-5-6-10-8/h4,6-7,11,13,16-17H,5,8-10,12,20H2,1-3H3,(H,21,24);1-6H/t16-,17?;/m0./s1. The zero-order chi connectivity index (χ0) is 27.7. The molecule has 3 aromatic rings. The Morgan fingerprint density at radius 2 is 1.79 bits per heavy atom. The maximum absolute atomic E-state index is 12.9. The minimum Gasteiger partial charge on any atom is -0.497 e. The van der Waals surface area contributed by atoms with E-state index < -0.39 is 22.1 Å². The zero-order valence-electron chi connectivity index (χ0n) is 21.9. The van der Waals surface area contributed by atoms with E-state index in [4.69, 9.17) is 10.5 Å². The molecular formula is C27H35N5O5S. The Bertz CT molecular complexity index is 1280. The van der Waals surface area contributed by atoms with Gasteiger partial charge in [0, 0.05) is 25.0 Å². The Morgan fingerprint density at radius 3 is 2.39 bits per heavy atom. The number of Topliss-reactive ketones (excluding diaryl/α,β-unsaturated/α-hetero) is 1. The number of carbonyl (C=O) groups excluding carboxylic acids is 2. The molecule has 1 aliphatic rings. The quantitative estimate of drug-likeness (QED) is 0.464. The van der Waals surface area contributed by atoms with Gasteiger partial charge >= 0.3 is 0 Å². The third-order valence-electron chi connectivity index (χ3n) is 6.05. The fraction of sp³-hybridized carbons (Fsp3) is 0.407. The number of amides is 1. The molecule has 0 radical (unpaired) electrons. The molecule has 1 fully saturated rings. The number of rotatable bonds is 7. The van der Waals surface area contributed by atoms with Crippen LogP contribution >= 0.6 is 0 Å². The molecule has 2 atom stereocenters. The van der Waals surface area contributed by atoms with Crippen LogP contribution in [0.25, 0.3) is 11.0 Å². The molecule has 1 saturated heterocycles. The normalized spacial score (nSPS) is 17.3. The summed E-state index contributed by atoms with van der Waals surface area (Å²) in [6.45, 7) is 3.84. The molecular weight excluding hydrogens is 506 g/mol. The Kier molecular flexibility index (Phi) is 10.3. The van der Waals surface area contributed by atoms with Gasteiger partial charge in [0.2, 0.25) is 15.9 Å². The van der Waals surface area contributed by atoms with Crippen molar-refractivity contribution in [3.8, 4) is 5.75 Å². The Labute approximate surface area is 223 Å². The number of hydrogen-bond donors (Lipinski definition) is 2. The average molecular weight is 542 g/mol. The molecule has 10 nitrogen and oxygen atoms in total. The maximum atomic E-state index is 12.9. The number of para-hydroxylation sites is 2. The molecule has 3 N–H and O–H groups in total. The van der Waals surface area contributed by atoms with Gasteiger partial charge in [-0.3, -0.25) is 19.6 Å². The van der Waals surface area contributed by atoms with E-state index in [9.17, 15) is 18.0 Å². The van der Waals surface area contributed by atoms with Crippen molar-refractivity contribution in [2.24, 2.45) is 11.7 Å². The summed E-state index contributed by atoms with van der Waals surface area (Å²) < 4.78 is 32.1. The Balaban J connectivity index is 0.000000329. The van der Waals surface area contributed by atoms with Crippen molar-refractivity contribution in [3.05, 3.63) is 60.9 Å². The second-order valence-corrected chi connectivity index (χ2v) is 11.4. The largest absolute Gasteiger partial charge is 0.497 e. The van der Waals surface area contributed by atoms with E-state index >= 15 is 0 Å². The topological polar surface area (TPSA) is 145 Å². The van der Waals surface area contributed by atoms with Crippen LogP contribution in [0.1, 0.15) is 33.1 Å². The lowest BCUT2D eigenvalue weighted by Crippen LogP contribution is -2.50. The number of hydrogen-bond acceptors (Lipinski definition) is 8. The number of carbonyl (C=O) groups is 2. The van der Waals surface area contributed by atoms with Crippen LogP contribution in [-0.2, 0) is 19.6 Å². The molecule has 0 bridgehead atoms. The highest BCUT2D eigenvalue weighted by Crippen LogP contribution is 2.23. The van der Waals surface area contributed by atoms with Gasteiger partial charge in [0.05, 0.1) is 41.7 Å². The van der Waals surface area contributed by atoms with Gasteiger partial charge in [-0.1, -0.05) is 32.0 Å². The van der Waals surface area contributed by atoms with Crippen molar-refractivity contribution in [2.45, 2.75) is 50.1 Å². The highest BCUT2D eigenvalue weighted by atomic mass is 32.2. The van der Waals surface area contributed by atoms with Crippen molar-refractivity contribution in [2.75, 3.05) is 20.2 Å². The lowest BCUT2D eigenvalue weighted by Gasteiger charge is -2.21. The molecule has 11 heteroatoms. The minimum absolute atomic E-state index is 0.0705. The first-order valence-electron chi connectivity index (χ1n) is 12.5. The van der Waals surface area contributed by atoms with Crippen molar-refractivity contribution in [1.82, 2.24) is 19.6 Å². The van der Waals surface area contributed by atoms with E-state index in [0.717, 1.165) is 15.3 Å². The molecule has 0 aliphatic carbocycles. The smallest absolute Gasteiger partial charge is 0.243 e. The lowest BCUT2D eigenvalue weighted by atomic mass is 10.0. The fourth-order valence-electron chi connectivity index (χ4n) is 4.07. The second kappa shape index (κ2) is 13.4. The first-order chi connectivity index (χ1) is 18.1. The molecule has 2 heterocycles. The van der Waals surface area contributed by atoms with Crippen LogP contribution in [0.4, 0.5) is 0 Å². The summed E-state index contributed by atoms with van der Waals surface area (Å²) in [6.07, 6.45) is 4.75. The summed E-state index contributed by atoms with van der Waals surface area (Å²) in [6, 6.07) is 12.5. The van der Waals surface area contributed by atoms with Crippen LogP contribution in [0.2, 0.25) is 0 Å². The van der Waals surface area contributed by atoms with Crippen molar-refractivity contribution >= 4 is 32.7 Å². The number of nitrogens with two attached hydrogens (primary N) is 1. The number of ketones is 1. The van der Waals surface area contributed by atoms with Crippen molar-refractivity contribution in [3.63, 3.8) is 0 Å². The van der Waals surface area contributed by atoms with Gasteiger partial charge in [-0.25, -0.2) is 8.42 Å². The Hall–Kier alpha value is -3.41. The number of aromatic nitrogens is 2. The van der Waals surface area contributed by atoms with Gasteiger partial charge in [-0.2, -0.15) is 4.31 Å². The lowest BCUT2D eigenvalue weighted by molar-refractivity contribution is -0.128. The van der Waals surface area contributed by atoms with Gasteiger partial charge < -0.3 is 15.8 Å². The summed E-state index contributed by atoms with van der Waals surface area (Å²) in [4.78, 5) is 33.2. The first-order valence-corrected chi connectivity index (χ1v) is 13.9. The predicted octanol–water partition coefficient (Wildman–Crippen LogP) is 2.54. The zero-order valence-corrected chi connectivity index (χ0v) is 22.7. The Morgan fingerprint density at radius 1 is 1.13 bits per heavy atom. The highest BCUT2D eigenvalue weighted by molar-refractivity contribution is 7.89. The molecule has 0 spiro atoms. The number of nitrogens with one attached hydrogen (secondary N) is 1. The number of nitrogens with zero attached hydrogens (tertiary/aromatic N) is 3. The van der Waals surface area contributed by atoms with Crippen LogP contribution in [0.3, 0.4) is 0 Å². The highest BCUT2D eigenvalue weighted by Gasteiger charge is 2.33. The van der Waals surface area contributed by atoms with E-state index in [-0.39, 0.29) is 35.6 Å². The third-order valence-corrected chi connectivity index (χ3v) is 7.90. The molecule has 1 aliphatic heterocycles. The third kappa shape index (κ3) is 7.80. The van der Waals surface area contributed by atoms with Crippen molar-refractivity contribution in [1.29, 1.82) is 0 Å². The molecule has 4 rings (SSSR count). The second-order valence-electron chi connectivity index (χ2n) is 9.47. The number of fused-ring (bicyclic) bond motifs is 1. The van der Waals surface area contributed by atoms with Crippen LogP contribution < -0.4 is 15.8 Å². The molecule has 1 amide bonds. The van der Waals surface area contributed by atoms with E-state index in [1.54, 1.807) is 24.5 Å². The van der Waals surface area contributed by atoms with Gasteiger partial charge in [0.1, 0.15) is 5.75 Å². The molecule has 1 aromatic heterocycles. The van der Waals surface area contributed by atoms with E-state index in [0.29, 0.717) is 25.0 Å². The number of sulfonamides is 1. The first kappa shape index (κ1) is 29.2. The van der Waals surface area contributed by atoms with Gasteiger partial charge in [-0.15, -0.1) is 0 Å². The fourth-order valence-corrected chi connectivity index (χ4v) is 5.55. The molecule has 1 unspecified atom stereocenters. The van der Waals surface area contributed by atoms with E-state index in [2.05, 4.69) is 15.3 Å². The molecule has 0 saturated carbocycles. The monoisotopic (exact) mass is 541 g/mol. The minimum atomic E-state index is -3.84. The maximum Gasteiger partial charge on any atom is 0.243 e. The SMILES string of the molecule is COc1cccc(S(=O)(=O)N2CCCC(NC(=O)[C@@H](N)CC(C)C)C(=O)C2)c1.c1ccc2nccnc2c1. The van der Waals surface area contributed by atoms with E-state index in [1.807, 2.05) is 38.1 Å². The average Bonchev–Trinajstić information content (AvgIpc) is 3.10. The summed E-state index contributed by atoms with van der Waals surface area (Å²) in [5.74, 6) is -0.0363. The summed E-state index contributed by atoms with van der Waals surface area (Å²) in [7, 11) is -2.38.